The van der Waals surface area contributed by atoms with Gasteiger partial charge in [0.1, 0.15) is 0 Å². The van der Waals surface area contributed by atoms with Gasteiger partial charge in [-0.2, -0.15) is 0 Å². The van der Waals surface area contributed by atoms with E-state index in [4.69, 9.17) is 4.98 Å². The van der Waals surface area contributed by atoms with Crippen LogP contribution in [0, 0.1) is 26.7 Å². The SMILES string of the molecule is O=C(Nc1nc(CC23CC4CC(CC(C4)C2)C3)cs1)c1ccccc1I. The Morgan fingerprint density at radius 2 is 1.81 bits per heavy atom. The summed E-state index contributed by atoms with van der Waals surface area (Å²) >= 11 is 3.76. The number of aromatic nitrogens is 1. The Morgan fingerprint density at radius 1 is 1.15 bits per heavy atom. The fourth-order valence-corrected chi connectivity index (χ4v) is 7.48. The smallest absolute Gasteiger partial charge is 0.258 e. The summed E-state index contributed by atoms with van der Waals surface area (Å²) in [6.45, 7) is 0. The molecule has 4 saturated carbocycles. The van der Waals surface area contributed by atoms with Crippen LogP contribution in [0.5, 0.6) is 0 Å². The standard InChI is InChI=1S/C21H23IN2OS/c22-18-4-2-1-3-17(18)19(25)24-20-23-16(12-26-20)11-21-8-13-5-14(9-21)7-15(6-13)10-21/h1-4,12-15H,5-11H2,(H,23,24,25). The number of hydrogen-bond acceptors (Lipinski definition) is 3. The molecule has 0 aliphatic heterocycles. The second-order valence-electron chi connectivity index (χ2n) is 8.67. The van der Waals surface area contributed by atoms with Crippen LogP contribution >= 0.6 is 33.9 Å². The fraction of sp³-hybridized carbons (Fsp3) is 0.524. The monoisotopic (exact) mass is 478 g/mol. The summed E-state index contributed by atoms with van der Waals surface area (Å²) in [6, 6.07) is 7.67. The molecule has 0 unspecified atom stereocenters. The molecule has 0 atom stereocenters. The van der Waals surface area contributed by atoms with Gasteiger partial charge in [-0.3, -0.25) is 10.1 Å². The van der Waals surface area contributed by atoms with Gasteiger partial charge in [0.2, 0.25) is 0 Å². The molecular weight excluding hydrogens is 455 g/mol. The molecule has 1 amide bonds. The molecular formula is C21H23IN2OS. The topological polar surface area (TPSA) is 42.0 Å². The van der Waals surface area contributed by atoms with Gasteiger partial charge < -0.3 is 0 Å². The molecule has 0 saturated heterocycles. The van der Waals surface area contributed by atoms with E-state index in [-0.39, 0.29) is 5.91 Å². The maximum absolute atomic E-state index is 12.5. The number of carbonyl (C=O) groups is 1. The van der Waals surface area contributed by atoms with Crippen molar-refractivity contribution in [3.8, 4) is 0 Å². The number of benzene rings is 1. The number of nitrogens with zero attached hydrogens (tertiary/aromatic N) is 1. The van der Waals surface area contributed by atoms with E-state index in [1.54, 1.807) is 11.3 Å². The third kappa shape index (κ3) is 3.21. The molecule has 1 heterocycles. The lowest BCUT2D eigenvalue weighted by Crippen LogP contribution is -2.47. The van der Waals surface area contributed by atoms with E-state index < -0.39 is 0 Å². The van der Waals surface area contributed by atoms with E-state index in [0.29, 0.717) is 11.0 Å². The molecule has 0 radical (unpaired) electrons. The maximum atomic E-state index is 12.5. The van der Waals surface area contributed by atoms with Gasteiger partial charge in [0, 0.05) is 8.95 Å². The van der Waals surface area contributed by atoms with Crippen molar-refractivity contribution in [3.05, 3.63) is 44.5 Å². The Kier molecular flexibility index (Phi) is 4.35. The van der Waals surface area contributed by atoms with Crippen molar-refractivity contribution in [3.63, 3.8) is 0 Å². The first-order valence-corrected chi connectivity index (χ1v) is 11.5. The summed E-state index contributed by atoms with van der Waals surface area (Å²) in [5, 5.41) is 5.88. The van der Waals surface area contributed by atoms with Crippen LogP contribution in [-0.4, -0.2) is 10.9 Å². The van der Waals surface area contributed by atoms with Crippen molar-refractivity contribution in [2.45, 2.75) is 44.9 Å². The van der Waals surface area contributed by atoms with Crippen molar-refractivity contribution in [2.24, 2.45) is 23.2 Å². The van der Waals surface area contributed by atoms with Gasteiger partial charge in [-0.1, -0.05) is 12.1 Å². The number of halogens is 1. The summed E-state index contributed by atoms with van der Waals surface area (Å²) in [5.74, 6) is 2.85. The van der Waals surface area contributed by atoms with Crippen molar-refractivity contribution >= 4 is 45.0 Å². The third-order valence-electron chi connectivity index (χ3n) is 6.61. The highest BCUT2D eigenvalue weighted by Gasteiger charge is 2.50. The molecule has 3 nitrogen and oxygen atoms in total. The second kappa shape index (κ2) is 6.59. The highest BCUT2D eigenvalue weighted by molar-refractivity contribution is 14.1. The quantitative estimate of drug-likeness (QED) is 0.568. The molecule has 6 rings (SSSR count). The number of amides is 1. The van der Waals surface area contributed by atoms with Crippen LogP contribution in [0.25, 0.3) is 0 Å². The Bertz CT molecular complexity index is 811. The van der Waals surface area contributed by atoms with Crippen LogP contribution in [0.3, 0.4) is 0 Å². The van der Waals surface area contributed by atoms with E-state index in [2.05, 4.69) is 33.3 Å². The highest BCUT2D eigenvalue weighted by Crippen LogP contribution is 2.61. The number of anilines is 1. The first-order valence-electron chi connectivity index (χ1n) is 9.59. The van der Waals surface area contributed by atoms with Crippen LogP contribution in [0.1, 0.15) is 54.6 Å². The zero-order valence-corrected chi connectivity index (χ0v) is 17.7. The summed E-state index contributed by atoms with van der Waals surface area (Å²) in [5.41, 5.74) is 2.39. The molecule has 4 bridgehead atoms. The largest absolute Gasteiger partial charge is 0.298 e. The van der Waals surface area contributed by atoms with Crippen molar-refractivity contribution in [1.29, 1.82) is 0 Å². The van der Waals surface area contributed by atoms with Gasteiger partial charge in [0.15, 0.2) is 5.13 Å². The number of nitrogens with one attached hydrogen (secondary N) is 1. The molecule has 26 heavy (non-hydrogen) atoms. The first-order chi connectivity index (χ1) is 12.6. The molecule has 1 aromatic carbocycles. The first kappa shape index (κ1) is 17.2. The van der Waals surface area contributed by atoms with Crippen LogP contribution in [-0.2, 0) is 6.42 Å². The second-order valence-corrected chi connectivity index (χ2v) is 10.7. The zero-order chi connectivity index (χ0) is 17.7. The Morgan fingerprint density at radius 3 is 2.46 bits per heavy atom. The van der Waals surface area contributed by atoms with E-state index >= 15 is 0 Å². The number of rotatable bonds is 4. The Hall–Kier alpha value is -0.950. The molecule has 4 aliphatic rings. The van der Waals surface area contributed by atoms with Crippen LogP contribution in [0.2, 0.25) is 0 Å². The molecule has 1 aromatic heterocycles. The van der Waals surface area contributed by atoms with Crippen molar-refractivity contribution in [1.82, 2.24) is 4.98 Å². The van der Waals surface area contributed by atoms with E-state index in [1.807, 2.05) is 24.3 Å². The molecule has 136 valence electrons. The van der Waals surface area contributed by atoms with Crippen molar-refractivity contribution in [2.75, 3.05) is 5.32 Å². The summed E-state index contributed by atoms with van der Waals surface area (Å²) in [6.07, 6.45) is 9.75. The molecule has 0 spiro atoms. The van der Waals surface area contributed by atoms with Crippen molar-refractivity contribution < 1.29 is 4.79 Å². The molecule has 2 aromatic rings. The minimum absolute atomic E-state index is 0.0642. The zero-order valence-electron chi connectivity index (χ0n) is 14.7. The van der Waals surface area contributed by atoms with Gasteiger partial charge in [0.05, 0.1) is 11.3 Å². The van der Waals surface area contributed by atoms with Gasteiger partial charge in [-0.15, -0.1) is 11.3 Å². The number of thiazole rings is 1. The van der Waals surface area contributed by atoms with Crippen LogP contribution in [0.4, 0.5) is 5.13 Å². The van der Waals surface area contributed by atoms with Gasteiger partial charge in [-0.05, 0) is 103 Å². The van der Waals surface area contributed by atoms with Crippen LogP contribution in [0.15, 0.2) is 29.6 Å². The van der Waals surface area contributed by atoms with Gasteiger partial charge in [0.25, 0.3) is 5.91 Å². The Balaban J connectivity index is 1.29. The minimum Gasteiger partial charge on any atom is -0.298 e. The summed E-state index contributed by atoms with van der Waals surface area (Å²) in [4.78, 5) is 17.3. The fourth-order valence-electron chi connectivity index (χ4n) is 6.15. The maximum Gasteiger partial charge on any atom is 0.258 e. The van der Waals surface area contributed by atoms with Gasteiger partial charge >= 0.3 is 0 Å². The lowest BCUT2D eigenvalue weighted by Gasteiger charge is -2.56. The van der Waals surface area contributed by atoms with E-state index in [1.165, 1.54) is 44.2 Å². The number of hydrogen-bond donors (Lipinski definition) is 1. The molecule has 1 N–H and O–H groups in total. The lowest BCUT2D eigenvalue weighted by atomic mass is 9.48. The third-order valence-corrected chi connectivity index (χ3v) is 8.36. The molecule has 5 heteroatoms. The summed E-state index contributed by atoms with van der Waals surface area (Å²) < 4.78 is 0.966. The normalized spacial score (nSPS) is 32.0. The lowest BCUT2D eigenvalue weighted by molar-refractivity contribution is -0.0525. The Labute approximate surface area is 172 Å². The average Bonchev–Trinajstić information content (AvgIpc) is 3.00. The predicted octanol–water partition coefficient (Wildman–Crippen LogP) is 5.76. The highest BCUT2D eigenvalue weighted by atomic mass is 127. The van der Waals surface area contributed by atoms with E-state index in [9.17, 15) is 4.79 Å². The molecule has 4 aliphatic carbocycles. The van der Waals surface area contributed by atoms with Gasteiger partial charge in [-0.25, -0.2) is 4.98 Å². The number of carbonyl (C=O) groups excluding carboxylic acids is 1. The van der Waals surface area contributed by atoms with Crippen LogP contribution < -0.4 is 5.32 Å². The summed E-state index contributed by atoms with van der Waals surface area (Å²) in [7, 11) is 0. The average molecular weight is 478 g/mol. The molecule has 4 fully saturated rings. The minimum atomic E-state index is -0.0642. The van der Waals surface area contributed by atoms with E-state index in [0.717, 1.165) is 32.9 Å². The predicted molar refractivity (Wildman–Crippen MR) is 114 cm³/mol.